The van der Waals surface area contributed by atoms with E-state index in [1.807, 2.05) is 6.07 Å². The number of aromatic nitrogens is 4. The molecular weight excluding hydrogens is 458 g/mol. The molecule has 4 heterocycles. The lowest BCUT2D eigenvalue weighted by molar-refractivity contribution is -0.143. The Hall–Kier alpha value is -4.11. The maximum Gasteiger partial charge on any atom is 0.357 e. The molecule has 11 nitrogen and oxygen atoms in total. The lowest BCUT2D eigenvalue weighted by Crippen LogP contribution is -2.39. The molecule has 1 fully saturated rings. The number of carbonyl (C=O) groups excluding carboxylic acids is 3. The molecule has 0 aliphatic carbocycles. The Bertz CT molecular complexity index is 1280. The predicted octanol–water partition coefficient (Wildman–Crippen LogP) is 2.38. The molecule has 1 unspecified atom stereocenters. The highest BCUT2D eigenvalue weighted by atomic mass is 32.1. The number of ether oxygens (including phenoxy) is 1. The van der Waals surface area contributed by atoms with Gasteiger partial charge in [-0.25, -0.2) is 19.4 Å². The fraction of sp³-hybridized carbons (Fsp3) is 0.318. The summed E-state index contributed by atoms with van der Waals surface area (Å²) in [5.41, 5.74) is 1.26. The van der Waals surface area contributed by atoms with Crippen LogP contribution < -0.4 is 5.32 Å². The molecule has 0 saturated carbocycles. The van der Waals surface area contributed by atoms with E-state index in [0.717, 1.165) is 6.42 Å². The van der Waals surface area contributed by atoms with Gasteiger partial charge in [0.1, 0.15) is 11.1 Å². The second kappa shape index (κ2) is 9.80. The summed E-state index contributed by atoms with van der Waals surface area (Å²) in [7, 11) is 0. The molecule has 0 radical (unpaired) electrons. The van der Waals surface area contributed by atoms with Crippen LogP contribution in [0.2, 0.25) is 0 Å². The fourth-order valence-corrected chi connectivity index (χ4v) is 4.52. The third kappa shape index (κ3) is 4.65. The molecule has 12 heteroatoms. The first-order chi connectivity index (χ1) is 16.4. The van der Waals surface area contributed by atoms with E-state index in [2.05, 4.69) is 20.4 Å². The lowest BCUT2D eigenvalue weighted by Gasteiger charge is -2.22. The van der Waals surface area contributed by atoms with Crippen LogP contribution >= 0.6 is 11.3 Å². The van der Waals surface area contributed by atoms with Crippen molar-refractivity contribution in [2.24, 2.45) is 0 Å². The van der Waals surface area contributed by atoms with Crippen molar-refractivity contribution in [1.29, 1.82) is 5.26 Å². The van der Waals surface area contributed by atoms with E-state index in [-0.39, 0.29) is 24.2 Å². The van der Waals surface area contributed by atoms with Gasteiger partial charge >= 0.3 is 17.8 Å². The van der Waals surface area contributed by atoms with Gasteiger partial charge in [0.15, 0.2) is 17.3 Å². The van der Waals surface area contributed by atoms with E-state index in [4.69, 9.17) is 10.00 Å². The molecule has 34 heavy (non-hydrogen) atoms. The molecule has 2 amide bonds. The normalized spacial score (nSPS) is 15.1. The molecule has 1 aliphatic heterocycles. The number of rotatable bonds is 5. The van der Waals surface area contributed by atoms with Gasteiger partial charge in [-0.1, -0.05) is 0 Å². The van der Waals surface area contributed by atoms with E-state index in [9.17, 15) is 14.4 Å². The van der Waals surface area contributed by atoms with Crippen LogP contribution in [0.1, 0.15) is 52.4 Å². The molecule has 1 N–H and O–H groups in total. The van der Waals surface area contributed by atoms with E-state index in [1.165, 1.54) is 27.1 Å². The van der Waals surface area contributed by atoms with Crippen molar-refractivity contribution in [3.63, 3.8) is 0 Å². The van der Waals surface area contributed by atoms with Gasteiger partial charge in [-0.15, -0.1) is 16.4 Å². The zero-order chi connectivity index (χ0) is 24.2. The summed E-state index contributed by atoms with van der Waals surface area (Å²) in [5, 5.41) is 18.0. The number of aryl methyl sites for hydroxylation is 1. The highest BCUT2D eigenvalue weighted by Gasteiger charge is 2.36. The van der Waals surface area contributed by atoms with Crippen LogP contribution in [0, 0.1) is 18.3 Å². The van der Waals surface area contributed by atoms with Crippen molar-refractivity contribution >= 4 is 34.9 Å². The Kier molecular flexibility index (Phi) is 6.65. The van der Waals surface area contributed by atoms with Gasteiger partial charge in [0.25, 0.3) is 0 Å². The smallest absolute Gasteiger partial charge is 0.357 e. The Balaban J connectivity index is 1.46. The lowest BCUT2D eigenvalue weighted by atomic mass is 10.2. The van der Waals surface area contributed by atoms with Crippen LogP contribution in [-0.4, -0.2) is 55.6 Å². The number of nitrogens with one attached hydrogen (secondary N) is 1. The molecule has 4 rings (SSSR count). The monoisotopic (exact) mass is 479 g/mol. The van der Waals surface area contributed by atoms with Crippen LogP contribution in [-0.2, 0) is 14.3 Å². The van der Waals surface area contributed by atoms with Gasteiger partial charge in [0.2, 0.25) is 0 Å². The second-order valence-electron chi connectivity index (χ2n) is 7.52. The number of nitrogens with zero attached hydrogens (tertiary/aromatic N) is 6. The van der Waals surface area contributed by atoms with Crippen molar-refractivity contribution in [2.75, 3.05) is 18.5 Å². The third-order valence-electron chi connectivity index (χ3n) is 5.24. The summed E-state index contributed by atoms with van der Waals surface area (Å²) >= 11 is 1.26. The molecule has 3 aromatic heterocycles. The minimum atomic E-state index is -0.810. The Labute approximate surface area is 199 Å². The van der Waals surface area contributed by atoms with E-state index in [1.54, 1.807) is 37.6 Å². The van der Waals surface area contributed by atoms with Crippen LogP contribution in [0.4, 0.5) is 5.82 Å². The predicted molar refractivity (Wildman–Crippen MR) is 121 cm³/mol. The number of pyridine rings is 1. The van der Waals surface area contributed by atoms with Crippen LogP contribution in [0.5, 0.6) is 0 Å². The maximum atomic E-state index is 13.0. The number of anilines is 1. The number of likely N-dealkylation sites (tertiary alicyclic amines) is 1. The molecule has 0 bridgehead atoms. The summed E-state index contributed by atoms with van der Waals surface area (Å²) in [6.07, 6.45) is 4.45. The van der Waals surface area contributed by atoms with E-state index in [0.29, 0.717) is 34.9 Å². The molecule has 1 aliphatic rings. The number of thiazole rings is 1. The first kappa shape index (κ1) is 23.1. The summed E-state index contributed by atoms with van der Waals surface area (Å²) < 4.78 is 6.43. The van der Waals surface area contributed by atoms with Gasteiger partial charge in [0, 0.05) is 29.9 Å². The topological polar surface area (TPSA) is 143 Å². The van der Waals surface area contributed by atoms with E-state index >= 15 is 0 Å². The molecule has 0 aromatic carbocycles. The number of carbonyl (C=O) groups is 3. The summed E-state index contributed by atoms with van der Waals surface area (Å²) in [5.74, 6) is -1.31. The van der Waals surface area contributed by atoms with Crippen molar-refractivity contribution in [2.45, 2.75) is 32.7 Å². The van der Waals surface area contributed by atoms with Gasteiger partial charge in [-0.05, 0) is 38.8 Å². The average molecular weight is 480 g/mol. The van der Waals surface area contributed by atoms with Crippen LogP contribution in [0.25, 0.3) is 5.82 Å². The van der Waals surface area contributed by atoms with Crippen molar-refractivity contribution in [3.05, 3.63) is 51.7 Å². The van der Waals surface area contributed by atoms with Gasteiger partial charge in [0.05, 0.1) is 18.2 Å². The highest BCUT2D eigenvalue weighted by molar-refractivity contribution is 7.09. The van der Waals surface area contributed by atoms with Gasteiger partial charge in [-0.2, -0.15) is 5.26 Å². The van der Waals surface area contributed by atoms with E-state index < -0.39 is 17.8 Å². The molecular formula is C22H21N7O4S. The SMILES string of the molecule is CCOC(=O)c1csc(C2CCCN2C(=O)C(=O)Nc2nn(-c3ccc(C#N)cn3)cc2C)n1. The van der Waals surface area contributed by atoms with Crippen molar-refractivity contribution in [3.8, 4) is 11.9 Å². The number of amides is 2. The van der Waals surface area contributed by atoms with Gasteiger partial charge in [-0.3, -0.25) is 9.59 Å². The largest absolute Gasteiger partial charge is 0.461 e. The Morgan fingerprint density at radius 2 is 2.18 bits per heavy atom. The third-order valence-corrected chi connectivity index (χ3v) is 6.19. The zero-order valence-electron chi connectivity index (χ0n) is 18.5. The standard InChI is InChI=1S/C22H21N7O4S/c1-3-33-22(32)15-12-34-20(25-15)16-5-4-8-28(16)21(31)19(30)26-18-13(2)11-29(27-18)17-7-6-14(9-23)10-24-17/h6-7,10-12,16H,3-5,8H2,1-2H3,(H,26,27,30). The molecule has 0 spiro atoms. The molecule has 1 atom stereocenters. The van der Waals surface area contributed by atoms with Crippen LogP contribution in [0.3, 0.4) is 0 Å². The number of hydrogen-bond acceptors (Lipinski definition) is 9. The first-order valence-electron chi connectivity index (χ1n) is 10.6. The van der Waals surface area contributed by atoms with Crippen molar-refractivity contribution < 1.29 is 19.1 Å². The quantitative estimate of drug-likeness (QED) is 0.434. The molecule has 174 valence electrons. The highest BCUT2D eigenvalue weighted by Crippen LogP contribution is 2.34. The Morgan fingerprint density at radius 3 is 2.88 bits per heavy atom. The summed E-state index contributed by atoms with van der Waals surface area (Å²) in [6, 6.07) is 4.86. The second-order valence-corrected chi connectivity index (χ2v) is 8.41. The first-order valence-corrected chi connectivity index (χ1v) is 11.5. The van der Waals surface area contributed by atoms with Gasteiger partial charge < -0.3 is 15.0 Å². The molecule has 3 aromatic rings. The summed E-state index contributed by atoms with van der Waals surface area (Å²) in [4.78, 5) is 47.6. The molecule has 1 saturated heterocycles. The zero-order valence-corrected chi connectivity index (χ0v) is 19.3. The minimum Gasteiger partial charge on any atom is -0.461 e. The maximum absolute atomic E-state index is 13.0. The fourth-order valence-electron chi connectivity index (χ4n) is 3.59. The number of esters is 1. The van der Waals surface area contributed by atoms with Crippen LogP contribution in [0.15, 0.2) is 29.9 Å². The number of hydrogen-bond donors (Lipinski definition) is 1. The number of nitriles is 1. The summed E-state index contributed by atoms with van der Waals surface area (Å²) in [6.45, 7) is 4.12. The van der Waals surface area contributed by atoms with Crippen molar-refractivity contribution in [1.82, 2.24) is 24.6 Å². The minimum absolute atomic E-state index is 0.197. The Morgan fingerprint density at radius 1 is 1.35 bits per heavy atom. The average Bonchev–Trinajstić information content (AvgIpc) is 3.59.